The van der Waals surface area contributed by atoms with Crippen LogP contribution in [-0.2, 0) is 17.8 Å². The first-order valence-electron chi connectivity index (χ1n) is 12.4. The maximum Gasteiger partial charge on any atom is 0.223 e. The van der Waals surface area contributed by atoms with Gasteiger partial charge in [0.05, 0.1) is 17.6 Å². The number of nitrogens with one attached hydrogen (secondary N) is 1. The number of unbranched alkanes of at least 4 members (excludes halogenated alkanes) is 1. The Morgan fingerprint density at radius 1 is 1.03 bits per heavy atom. The van der Waals surface area contributed by atoms with E-state index in [4.69, 9.17) is 9.72 Å². The van der Waals surface area contributed by atoms with Gasteiger partial charge in [0.25, 0.3) is 0 Å². The van der Waals surface area contributed by atoms with Crippen LogP contribution in [0.4, 0.5) is 0 Å². The van der Waals surface area contributed by atoms with Crippen molar-refractivity contribution in [3.05, 3.63) is 59.4 Å². The summed E-state index contributed by atoms with van der Waals surface area (Å²) in [6.45, 7) is 10.7. The van der Waals surface area contributed by atoms with E-state index in [1.807, 2.05) is 6.07 Å². The Hall–Kier alpha value is -2.82. The Labute approximate surface area is 198 Å². The molecule has 1 amide bonds. The number of benzene rings is 2. The minimum atomic E-state index is 0.125. The number of carbonyl (C=O) groups is 1. The Balaban J connectivity index is 1.52. The molecule has 2 aromatic carbocycles. The Kier molecular flexibility index (Phi) is 9.35. The zero-order valence-electron chi connectivity index (χ0n) is 20.7. The van der Waals surface area contributed by atoms with Crippen molar-refractivity contribution < 1.29 is 9.53 Å². The van der Waals surface area contributed by atoms with E-state index in [-0.39, 0.29) is 11.8 Å². The molecule has 33 heavy (non-hydrogen) atoms. The first-order chi connectivity index (χ1) is 16.0. The summed E-state index contributed by atoms with van der Waals surface area (Å²) < 4.78 is 8.32. The van der Waals surface area contributed by atoms with Gasteiger partial charge in [-0.15, -0.1) is 0 Å². The van der Waals surface area contributed by atoms with E-state index >= 15 is 0 Å². The van der Waals surface area contributed by atoms with Crippen LogP contribution >= 0.6 is 0 Å². The molecule has 0 atom stereocenters. The summed E-state index contributed by atoms with van der Waals surface area (Å²) in [5.74, 6) is 2.36. The van der Waals surface area contributed by atoms with Gasteiger partial charge in [-0.25, -0.2) is 4.98 Å². The average Bonchev–Trinajstić information content (AvgIpc) is 3.14. The lowest BCUT2D eigenvalue weighted by Crippen LogP contribution is -2.31. The van der Waals surface area contributed by atoms with Crippen LogP contribution in [0.5, 0.6) is 5.75 Å². The molecule has 3 rings (SSSR count). The van der Waals surface area contributed by atoms with E-state index in [9.17, 15) is 4.79 Å². The van der Waals surface area contributed by atoms with Crippen LogP contribution in [-0.4, -0.2) is 28.6 Å². The number of nitrogens with zero attached hydrogens (tertiary/aromatic N) is 2. The predicted molar refractivity (Wildman–Crippen MR) is 136 cm³/mol. The minimum absolute atomic E-state index is 0.125. The molecule has 0 spiro atoms. The van der Waals surface area contributed by atoms with Crippen LogP contribution in [0, 0.1) is 19.8 Å². The lowest BCUT2D eigenvalue weighted by atomic mass is 10.0. The van der Waals surface area contributed by atoms with E-state index in [2.05, 4.69) is 74.0 Å². The molecule has 5 nitrogen and oxygen atoms in total. The summed E-state index contributed by atoms with van der Waals surface area (Å²) in [6, 6.07) is 14.7. The third-order valence-electron chi connectivity index (χ3n) is 6.21. The first kappa shape index (κ1) is 24.8. The molecule has 5 heteroatoms. The Bertz CT molecular complexity index is 1020. The van der Waals surface area contributed by atoms with Crippen molar-refractivity contribution in [2.45, 2.75) is 72.8 Å². The molecule has 0 radical (unpaired) electrons. The van der Waals surface area contributed by atoms with Crippen molar-refractivity contribution in [3.8, 4) is 5.75 Å². The fraction of sp³-hybridized carbons (Fsp3) is 0.500. The second kappa shape index (κ2) is 12.4. The van der Waals surface area contributed by atoms with E-state index in [0.717, 1.165) is 62.2 Å². The van der Waals surface area contributed by atoms with Crippen molar-refractivity contribution in [1.29, 1.82) is 0 Å². The second-order valence-electron chi connectivity index (χ2n) is 8.96. The third kappa shape index (κ3) is 7.08. The molecule has 0 aliphatic carbocycles. The summed E-state index contributed by atoms with van der Waals surface area (Å²) >= 11 is 0. The standard InChI is InChI=1S/C28H39N3O2/c1-5-23(6-2)28(32)29-15-11-14-27-30-25-12-7-8-13-26(25)31(27)16-9-10-17-33-24-19-21(3)18-22(4)20-24/h7-8,12-13,18-20,23H,5-6,9-11,14-17H2,1-4H3,(H,29,32). The molecule has 0 saturated carbocycles. The predicted octanol–water partition coefficient (Wildman–Crippen LogP) is 6.00. The molecule has 3 aromatic rings. The molecule has 1 heterocycles. The number of amides is 1. The van der Waals surface area contributed by atoms with Gasteiger partial charge in [0.15, 0.2) is 0 Å². The normalized spacial score (nSPS) is 11.3. The van der Waals surface area contributed by atoms with Crippen LogP contribution < -0.4 is 10.1 Å². The van der Waals surface area contributed by atoms with Gasteiger partial charge in [-0.3, -0.25) is 4.79 Å². The lowest BCUT2D eigenvalue weighted by molar-refractivity contribution is -0.125. The molecule has 1 aromatic heterocycles. The molecule has 0 fully saturated rings. The second-order valence-corrected chi connectivity index (χ2v) is 8.96. The van der Waals surface area contributed by atoms with Gasteiger partial charge < -0.3 is 14.6 Å². The molecular weight excluding hydrogens is 410 g/mol. The molecular formula is C28H39N3O2. The summed E-state index contributed by atoms with van der Waals surface area (Å²) in [7, 11) is 0. The highest BCUT2D eigenvalue weighted by Crippen LogP contribution is 2.19. The van der Waals surface area contributed by atoms with Crippen LogP contribution in [0.3, 0.4) is 0 Å². The topological polar surface area (TPSA) is 56.2 Å². The number of hydrogen-bond donors (Lipinski definition) is 1. The van der Waals surface area contributed by atoms with Crippen LogP contribution in [0.1, 0.15) is 62.9 Å². The van der Waals surface area contributed by atoms with Crippen LogP contribution in [0.15, 0.2) is 42.5 Å². The number of rotatable bonds is 13. The van der Waals surface area contributed by atoms with Crippen LogP contribution in [0.2, 0.25) is 0 Å². The number of para-hydroxylation sites is 2. The molecule has 0 aliphatic heterocycles. The summed E-state index contributed by atoms with van der Waals surface area (Å²) in [4.78, 5) is 17.1. The highest BCUT2D eigenvalue weighted by Gasteiger charge is 2.14. The SMILES string of the molecule is CCC(CC)C(=O)NCCCc1nc2ccccc2n1CCCCOc1cc(C)cc(C)c1. The summed E-state index contributed by atoms with van der Waals surface area (Å²) in [5, 5.41) is 3.10. The quantitative estimate of drug-likeness (QED) is 0.326. The maximum absolute atomic E-state index is 12.2. The molecule has 0 aliphatic rings. The molecule has 0 unspecified atom stereocenters. The average molecular weight is 450 g/mol. The molecule has 0 bridgehead atoms. The largest absolute Gasteiger partial charge is 0.494 e. The van der Waals surface area contributed by atoms with Crippen LogP contribution in [0.25, 0.3) is 11.0 Å². The number of ether oxygens (including phenoxy) is 1. The molecule has 0 saturated heterocycles. The number of imidazole rings is 1. The zero-order valence-corrected chi connectivity index (χ0v) is 20.7. The van der Waals surface area contributed by atoms with Gasteiger partial charge in [-0.2, -0.15) is 0 Å². The monoisotopic (exact) mass is 449 g/mol. The van der Waals surface area contributed by atoms with E-state index in [0.29, 0.717) is 13.2 Å². The number of carbonyl (C=O) groups excluding carboxylic acids is 1. The van der Waals surface area contributed by atoms with E-state index in [1.54, 1.807) is 0 Å². The molecule has 178 valence electrons. The summed E-state index contributed by atoms with van der Waals surface area (Å²) in [6.07, 6.45) is 5.56. The Morgan fingerprint density at radius 3 is 2.48 bits per heavy atom. The van der Waals surface area contributed by atoms with E-state index < -0.39 is 0 Å². The Morgan fingerprint density at radius 2 is 1.76 bits per heavy atom. The maximum atomic E-state index is 12.2. The smallest absolute Gasteiger partial charge is 0.223 e. The van der Waals surface area contributed by atoms with Gasteiger partial charge in [-0.1, -0.05) is 32.0 Å². The van der Waals surface area contributed by atoms with Gasteiger partial charge in [0, 0.05) is 25.4 Å². The van der Waals surface area contributed by atoms with Crippen molar-refractivity contribution in [2.75, 3.05) is 13.2 Å². The molecule has 1 N–H and O–H groups in total. The van der Waals surface area contributed by atoms with Gasteiger partial charge in [-0.05, 0) is 81.3 Å². The van der Waals surface area contributed by atoms with Crippen molar-refractivity contribution >= 4 is 16.9 Å². The highest BCUT2D eigenvalue weighted by atomic mass is 16.5. The minimum Gasteiger partial charge on any atom is -0.494 e. The van der Waals surface area contributed by atoms with Crippen molar-refractivity contribution in [3.63, 3.8) is 0 Å². The first-order valence-corrected chi connectivity index (χ1v) is 12.4. The number of fused-ring (bicyclic) bond motifs is 1. The van der Waals surface area contributed by atoms with E-state index in [1.165, 1.54) is 16.6 Å². The van der Waals surface area contributed by atoms with Gasteiger partial charge >= 0.3 is 0 Å². The number of hydrogen-bond acceptors (Lipinski definition) is 3. The van der Waals surface area contributed by atoms with Gasteiger partial charge in [0.1, 0.15) is 11.6 Å². The fourth-order valence-electron chi connectivity index (χ4n) is 4.41. The van der Waals surface area contributed by atoms with Crippen molar-refractivity contribution in [1.82, 2.24) is 14.9 Å². The number of aryl methyl sites for hydroxylation is 4. The third-order valence-corrected chi connectivity index (χ3v) is 6.21. The zero-order chi connectivity index (χ0) is 23.6. The summed E-state index contributed by atoms with van der Waals surface area (Å²) in [5.41, 5.74) is 4.69. The van der Waals surface area contributed by atoms with Gasteiger partial charge in [0.2, 0.25) is 5.91 Å². The lowest BCUT2D eigenvalue weighted by Gasteiger charge is -2.13. The number of aromatic nitrogens is 2. The highest BCUT2D eigenvalue weighted by molar-refractivity contribution is 5.78. The van der Waals surface area contributed by atoms with Crippen molar-refractivity contribution in [2.24, 2.45) is 5.92 Å². The fourth-order valence-corrected chi connectivity index (χ4v) is 4.41.